The van der Waals surface area contributed by atoms with Crippen molar-refractivity contribution in [2.45, 2.75) is 32.4 Å². The maximum Gasteiger partial charge on any atom is 0.290 e. The van der Waals surface area contributed by atoms with E-state index < -0.39 is 6.04 Å². The third-order valence-electron chi connectivity index (χ3n) is 6.10. The largest absolute Gasteiger partial charge is 0.503 e. The van der Waals surface area contributed by atoms with Crippen LogP contribution in [0.1, 0.15) is 48.1 Å². The van der Waals surface area contributed by atoms with Crippen LogP contribution in [0.3, 0.4) is 0 Å². The first-order chi connectivity index (χ1) is 15.5. The van der Waals surface area contributed by atoms with Crippen LogP contribution < -0.4 is 9.47 Å². The number of rotatable bonds is 5. The van der Waals surface area contributed by atoms with Crippen LogP contribution in [0.2, 0.25) is 0 Å². The van der Waals surface area contributed by atoms with E-state index in [1.54, 1.807) is 4.90 Å². The molecule has 5 rings (SSSR count). The predicted molar refractivity (Wildman–Crippen MR) is 122 cm³/mol. The molecule has 0 radical (unpaired) electrons. The van der Waals surface area contributed by atoms with Crippen LogP contribution in [0.25, 0.3) is 5.57 Å². The van der Waals surface area contributed by atoms with Gasteiger partial charge >= 0.3 is 0 Å². The number of fused-ring (bicyclic) bond motifs is 1. The quantitative estimate of drug-likeness (QED) is 0.577. The molecule has 2 heterocycles. The molecule has 0 saturated heterocycles. The highest BCUT2D eigenvalue weighted by Gasteiger charge is 2.41. The summed E-state index contributed by atoms with van der Waals surface area (Å²) in [5.41, 5.74) is 4.58. The molecule has 1 amide bonds. The summed E-state index contributed by atoms with van der Waals surface area (Å²) >= 11 is 0. The Balaban J connectivity index is 1.56. The van der Waals surface area contributed by atoms with Crippen molar-refractivity contribution in [2.24, 2.45) is 0 Å². The van der Waals surface area contributed by atoms with Crippen molar-refractivity contribution in [3.8, 4) is 11.5 Å². The molecule has 1 N–H and O–H groups in total. The number of ether oxygens (including phenoxy) is 2. The van der Waals surface area contributed by atoms with E-state index >= 15 is 0 Å². The van der Waals surface area contributed by atoms with Crippen LogP contribution in [-0.4, -0.2) is 22.7 Å². The zero-order valence-electron chi connectivity index (χ0n) is 18.1. The SMILES string of the molecule is CC(C)c1ccc([C@H]2C(c3ccccc3)=C(O)C(=O)N2Cc2ccc3c(c2)OCO3)cc1. The van der Waals surface area contributed by atoms with E-state index in [4.69, 9.17) is 9.47 Å². The van der Waals surface area contributed by atoms with Gasteiger partial charge in [0.25, 0.3) is 5.91 Å². The summed E-state index contributed by atoms with van der Waals surface area (Å²) in [5, 5.41) is 10.9. The third kappa shape index (κ3) is 3.50. The van der Waals surface area contributed by atoms with Gasteiger partial charge in [0, 0.05) is 12.1 Å². The third-order valence-corrected chi connectivity index (χ3v) is 6.10. The van der Waals surface area contributed by atoms with Crippen molar-refractivity contribution >= 4 is 11.5 Å². The molecular formula is C27H25NO4. The van der Waals surface area contributed by atoms with Gasteiger partial charge in [0.2, 0.25) is 6.79 Å². The molecule has 0 aliphatic carbocycles. The van der Waals surface area contributed by atoms with Gasteiger partial charge in [-0.25, -0.2) is 0 Å². The fourth-order valence-corrected chi connectivity index (χ4v) is 4.38. The Morgan fingerprint density at radius 1 is 0.969 bits per heavy atom. The number of hydrogen-bond acceptors (Lipinski definition) is 4. The molecular weight excluding hydrogens is 402 g/mol. The van der Waals surface area contributed by atoms with Gasteiger partial charge < -0.3 is 19.5 Å². The van der Waals surface area contributed by atoms with Gasteiger partial charge in [-0.15, -0.1) is 0 Å². The number of aliphatic hydroxyl groups is 1. The molecule has 0 unspecified atom stereocenters. The second-order valence-electron chi connectivity index (χ2n) is 8.47. The minimum Gasteiger partial charge on any atom is -0.503 e. The fraction of sp³-hybridized carbons (Fsp3) is 0.222. The summed E-state index contributed by atoms with van der Waals surface area (Å²) in [7, 11) is 0. The Bertz CT molecular complexity index is 1180. The van der Waals surface area contributed by atoms with Gasteiger partial charge in [-0.05, 0) is 40.3 Å². The van der Waals surface area contributed by atoms with Crippen LogP contribution in [0.5, 0.6) is 11.5 Å². The highest BCUT2D eigenvalue weighted by atomic mass is 16.7. The Kier molecular flexibility index (Phi) is 5.10. The topological polar surface area (TPSA) is 59.0 Å². The molecule has 3 aromatic rings. The fourth-order valence-electron chi connectivity index (χ4n) is 4.38. The molecule has 0 spiro atoms. The smallest absolute Gasteiger partial charge is 0.290 e. The number of carbonyl (C=O) groups excluding carboxylic acids is 1. The van der Waals surface area contributed by atoms with Gasteiger partial charge in [-0.1, -0.05) is 74.5 Å². The number of carbonyl (C=O) groups is 1. The minimum atomic E-state index is -0.392. The second-order valence-corrected chi connectivity index (χ2v) is 8.47. The van der Waals surface area contributed by atoms with Gasteiger partial charge in [0.15, 0.2) is 17.3 Å². The van der Waals surface area contributed by atoms with Crippen LogP contribution in [0, 0.1) is 0 Å². The molecule has 2 aliphatic rings. The van der Waals surface area contributed by atoms with Gasteiger partial charge in [0.1, 0.15) is 0 Å². The summed E-state index contributed by atoms with van der Waals surface area (Å²) in [4.78, 5) is 15.0. The lowest BCUT2D eigenvalue weighted by Crippen LogP contribution is -2.29. The zero-order valence-corrected chi connectivity index (χ0v) is 18.1. The highest BCUT2D eigenvalue weighted by molar-refractivity contribution is 6.05. The van der Waals surface area contributed by atoms with E-state index in [0.29, 0.717) is 29.5 Å². The lowest BCUT2D eigenvalue weighted by molar-refractivity contribution is -0.130. The van der Waals surface area contributed by atoms with E-state index in [0.717, 1.165) is 16.7 Å². The number of hydrogen-bond donors (Lipinski definition) is 1. The Morgan fingerprint density at radius 3 is 2.41 bits per heavy atom. The van der Waals surface area contributed by atoms with E-state index in [1.807, 2.05) is 48.5 Å². The Labute approximate surface area is 187 Å². The monoisotopic (exact) mass is 427 g/mol. The van der Waals surface area contributed by atoms with E-state index in [2.05, 4.69) is 38.1 Å². The van der Waals surface area contributed by atoms with E-state index in [1.165, 1.54) is 5.56 Å². The van der Waals surface area contributed by atoms with Crippen molar-refractivity contribution in [1.82, 2.24) is 4.90 Å². The molecule has 0 bridgehead atoms. The number of amides is 1. The Morgan fingerprint density at radius 2 is 1.69 bits per heavy atom. The molecule has 0 saturated carbocycles. The molecule has 5 heteroatoms. The first kappa shape index (κ1) is 20.2. The first-order valence-electron chi connectivity index (χ1n) is 10.8. The summed E-state index contributed by atoms with van der Waals surface area (Å²) in [6.45, 7) is 4.85. The van der Waals surface area contributed by atoms with Crippen molar-refractivity contribution in [2.75, 3.05) is 6.79 Å². The maximum absolute atomic E-state index is 13.2. The van der Waals surface area contributed by atoms with Crippen LogP contribution in [0.4, 0.5) is 0 Å². The van der Waals surface area contributed by atoms with Crippen LogP contribution in [-0.2, 0) is 11.3 Å². The Hall–Kier alpha value is -3.73. The highest BCUT2D eigenvalue weighted by Crippen LogP contribution is 2.44. The number of benzene rings is 3. The van der Waals surface area contributed by atoms with Crippen LogP contribution >= 0.6 is 0 Å². The standard InChI is InChI=1S/C27H25NO4/c1-17(2)19-9-11-21(12-10-19)25-24(20-6-4-3-5-7-20)26(29)27(30)28(25)15-18-8-13-22-23(14-18)32-16-31-22/h3-14,17,25,29H,15-16H2,1-2H3/t25-/m0/s1. The second kappa shape index (κ2) is 8.08. The maximum atomic E-state index is 13.2. The molecule has 32 heavy (non-hydrogen) atoms. The molecule has 5 nitrogen and oxygen atoms in total. The summed E-state index contributed by atoms with van der Waals surface area (Å²) in [6, 6.07) is 23.2. The average Bonchev–Trinajstić information content (AvgIpc) is 3.37. The van der Waals surface area contributed by atoms with Crippen molar-refractivity contribution < 1.29 is 19.4 Å². The molecule has 3 aromatic carbocycles. The zero-order chi connectivity index (χ0) is 22.2. The summed E-state index contributed by atoms with van der Waals surface area (Å²) < 4.78 is 10.9. The molecule has 0 aromatic heterocycles. The van der Waals surface area contributed by atoms with Gasteiger partial charge in [-0.2, -0.15) is 0 Å². The molecule has 2 aliphatic heterocycles. The van der Waals surface area contributed by atoms with Crippen molar-refractivity contribution in [1.29, 1.82) is 0 Å². The number of aliphatic hydroxyl groups excluding tert-OH is 1. The normalized spacial score (nSPS) is 17.5. The van der Waals surface area contributed by atoms with Gasteiger partial charge in [-0.3, -0.25) is 4.79 Å². The first-order valence-corrected chi connectivity index (χ1v) is 10.8. The van der Waals surface area contributed by atoms with Crippen molar-refractivity contribution in [3.05, 3.63) is 101 Å². The lowest BCUT2D eigenvalue weighted by atomic mass is 9.91. The van der Waals surface area contributed by atoms with E-state index in [9.17, 15) is 9.90 Å². The molecule has 1 atom stereocenters. The minimum absolute atomic E-state index is 0.199. The van der Waals surface area contributed by atoms with E-state index in [-0.39, 0.29) is 18.5 Å². The van der Waals surface area contributed by atoms with Crippen LogP contribution in [0.15, 0.2) is 78.6 Å². The average molecular weight is 428 g/mol. The lowest BCUT2D eigenvalue weighted by Gasteiger charge is -2.28. The molecule has 162 valence electrons. The predicted octanol–water partition coefficient (Wildman–Crippen LogP) is 5.59. The summed E-state index contributed by atoms with van der Waals surface area (Å²) in [5.74, 6) is 1.21. The van der Waals surface area contributed by atoms with Crippen molar-refractivity contribution in [3.63, 3.8) is 0 Å². The molecule has 0 fully saturated rings. The van der Waals surface area contributed by atoms with Gasteiger partial charge in [0.05, 0.1) is 6.04 Å². The number of nitrogens with zero attached hydrogens (tertiary/aromatic N) is 1. The summed E-state index contributed by atoms with van der Waals surface area (Å²) in [6.07, 6.45) is 0.